The third-order valence-corrected chi connectivity index (χ3v) is 7.21. The topological polar surface area (TPSA) is 176 Å². The van der Waals surface area contributed by atoms with Gasteiger partial charge in [0.15, 0.2) is 0 Å². The van der Waals surface area contributed by atoms with E-state index in [1.165, 1.54) is 50.5 Å². The van der Waals surface area contributed by atoms with Crippen LogP contribution in [-0.4, -0.2) is 47.1 Å². The second-order valence-corrected chi connectivity index (χ2v) is 9.76. The predicted molar refractivity (Wildman–Crippen MR) is 123 cm³/mol. The lowest BCUT2D eigenvalue weighted by Crippen LogP contribution is -2.22. The molecule has 0 aliphatic carbocycles. The van der Waals surface area contributed by atoms with Crippen molar-refractivity contribution in [1.29, 1.82) is 0 Å². The fourth-order valence-electron chi connectivity index (χ4n) is 3.70. The Hall–Kier alpha value is -4.29. The molecule has 0 amide bonds. The van der Waals surface area contributed by atoms with Crippen LogP contribution in [0.15, 0.2) is 53.4 Å². The molecule has 0 heterocycles. The first-order chi connectivity index (χ1) is 15.9. The number of nitrogens with one attached hydrogen (secondary N) is 1. The Bertz CT molecular complexity index is 1580. The zero-order chi connectivity index (χ0) is 24.9. The summed E-state index contributed by atoms with van der Waals surface area (Å²) in [4.78, 5) is 10.8. The molecule has 0 radical (unpaired) electrons. The van der Waals surface area contributed by atoms with Gasteiger partial charge in [0.2, 0.25) is 10.0 Å². The highest BCUT2D eigenvalue weighted by atomic mass is 32.2. The fraction of sp³-hybridized carbons (Fsp3) is 0.0909. The van der Waals surface area contributed by atoms with E-state index in [2.05, 4.69) is 5.32 Å². The van der Waals surface area contributed by atoms with Crippen molar-refractivity contribution in [2.75, 3.05) is 19.4 Å². The molecule has 4 N–H and O–H groups in total. The number of phenolic OH excluding ortho intramolecular Hbond substituents is 3. The summed E-state index contributed by atoms with van der Waals surface area (Å²) in [7, 11) is -0.862. The highest BCUT2D eigenvalue weighted by molar-refractivity contribution is 7.89. The number of sulfonamides is 1. The van der Waals surface area contributed by atoms with E-state index in [0.29, 0.717) is 5.69 Å². The monoisotopic (exact) mass is 484 g/mol. The minimum Gasteiger partial charge on any atom is -0.871 e. The molecule has 0 unspecified atom stereocenters. The van der Waals surface area contributed by atoms with Crippen LogP contribution in [0.3, 0.4) is 0 Å². The summed E-state index contributed by atoms with van der Waals surface area (Å²) in [5.74, 6) is -2.67. The molecular formula is C22H18N3O8S-. The van der Waals surface area contributed by atoms with Crippen LogP contribution in [0.25, 0.3) is 21.5 Å². The van der Waals surface area contributed by atoms with E-state index in [-0.39, 0.29) is 21.4 Å². The Balaban J connectivity index is 1.96. The van der Waals surface area contributed by atoms with Crippen LogP contribution in [0.5, 0.6) is 23.0 Å². The van der Waals surface area contributed by atoms with Gasteiger partial charge in [-0.15, -0.1) is 0 Å². The molecule has 34 heavy (non-hydrogen) atoms. The number of benzene rings is 4. The molecule has 0 saturated heterocycles. The zero-order valence-electron chi connectivity index (χ0n) is 17.8. The van der Waals surface area contributed by atoms with Crippen molar-refractivity contribution in [3.8, 4) is 23.0 Å². The van der Waals surface area contributed by atoms with Gasteiger partial charge in [-0.05, 0) is 42.5 Å². The Morgan fingerprint density at radius 2 is 1.41 bits per heavy atom. The molecule has 0 aliphatic heterocycles. The molecule has 0 fully saturated rings. The van der Waals surface area contributed by atoms with E-state index in [4.69, 9.17) is 0 Å². The van der Waals surface area contributed by atoms with Gasteiger partial charge in [-0.25, -0.2) is 12.7 Å². The Morgan fingerprint density at radius 1 is 0.853 bits per heavy atom. The Kier molecular flexibility index (Phi) is 5.34. The number of aromatic hydroxyl groups is 3. The average Bonchev–Trinajstić information content (AvgIpc) is 2.78. The van der Waals surface area contributed by atoms with Crippen LogP contribution >= 0.6 is 0 Å². The number of anilines is 2. The number of non-ortho nitro benzene ring substituents is 1. The van der Waals surface area contributed by atoms with Crippen molar-refractivity contribution < 1.29 is 33.8 Å². The van der Waals surface area contributed by atoms with E-state index < -0.39 is 54.4 Å². The van der Waals surface area contributed by atoms with Crippen LogP contribution in [-0.2, 0) is 10.0 Å². The molecule has 176 valence electrons. The molecule has 11 nitrogen and oxygen atoms in total. The number of hydrogen-bond donors (Lipinski definition) is 4. The van der Waals surface area contributed by atoms with Crippen molar-refractivity contribution >= 4 is 48.6 Å². The number of hydrogen-bond acceptors (Lipinski definition) is 9. The van der Waals surface area contributed by atoms with E-state index in [9.17, 15) is 39.0 Å². The van der Waals surface area contributed by atoms with Gasteiger partial charge in [-0.1, -0.05) is 5.75 Å². The molecule has 0 atom stereocenters. The second kappa shape index (κ2) is 7.93. The summed E-state index contributed by atoms with van der Waals surface area (Å²) in [6, 6.07) is 10.1. The number of nitrogens with zero attached hydrogens (tertiary/aromatic N) is 2. The number of rotatable bonds is 5. The van der Waals surface area contributed by atoms with Gasteiger partial charge < -0.3 is 25.7 Å². The highest BCUT2D eigenvalue weighted by Gasteiger charge is 2.24. The van der Waals surface area contributed by atoms with Crippen LogP contribution in [0.2, 0.25) is 0 Å². The van der Waals surface area contributed by atoms with E-state index in [1.54, 1.807) is 0 Å². The lowest BCUT2D eigenvalue weighted by Gasteiger charge is -2.21. The number of nitro groups is 1. The van der Waals surface area contributed by atoms with Gasteiger partial charge >= 0.3 is 0 Å². The number of fused-ring (bicyclic) bond motifs is 2. The first-order valence-electron chi connectivity index (χ1n) is 9.72. The quantitative estimate of drug-likeness (QED) is 0.143. The third-order valence-electron chi connectivity index (χ3n) is 5.38. The van der Waals surface area contributed by atoms with Crippen LogP contribution in [0.1, 0.15) is 0 Å². The summed E-state index contributed by atoms with van der Waals surface area (Å²) in [6.45, 7) is 0. The summed E-state index contributed by atoms with van der Waals surface area (Å²) in [6.07, 6.45) is 0. The smallest absolute Gasteiger partial charge is 0.281 e. The van der Waals surface area contributed by atoms with Gasteiger partial charge in [0, 0.05) is 36.6 Å². The SMILES string of the molecule is CN(C)S(=O)(=O)c1ccc(Nc2ccc(O)c3c([O-])c4c(O)ccc([N+](=O)[O-])c4c(O)c23)cc1. The fourth-order valence-corrected chi connectivity index (χ4v) is 4.60. The standard InChI is InChI=1S/C22H19N3O8S/c1-24(2)34(32,33)12-5-3-11(4-6-12)23-13-7-9-15(26)19-17(13)21(28)18-14(25(30)31)8-10-16(27)20(18)22(19)29/h3-10,23,26-29H,1-2H3/p-1. The minimum absolute atomic E-state index is 0.0420. The van der Waals surface area contributed by atoms with E-state index in [0.717, 1.165) is 16.4 Å². The summed E-state index contributed by atoms with van der Waals surface area (Å²) >= 11 is 0. The third kappa shape index (κ3) is 3.45. The normalized spacial score (nSPS) is 11.9. The molecule has 0 aliphatic rings. The van der Waals surface area contributed by atoms with E-state index >= 15 is 0 Å². The summed E-state index contributed by atoms with van der Waals surface area (Å²) < 4.78 is 25.6. The van der Waals surface area contributed by atoms with Crippen LogP contribution in [0, 0.1) is 10.1 Å². The molecular weight excluding hydrogens is 466 g/mol. The Morgan fingerprint density at radius 3 is 1.97 bits per heavy atom. The molecule has 4 aromatic rings. The maximum atomic E-state index is 13.1. The number of phenols is 3. The van der Waals surface area contributed by atoms with Crippen molar-refractivity contribution in [3.63, 3.8) is 0 Å². The average molecular weight is 484 g/mol. The summed E-state index contributed by atoms with van der Waals surface area (Å²) in [5, 5.41) is 57.6. The molecule has 12 heteroatoms. The van der Waals surface area contributed by atoms with Gasteiger partial charge in [0.05, 0.1) is 20.9 Å². The van der Waals surface area contributed by atoms with Crippen molar-refractivity contribution in [2.24, 2.45) is 0 Å². The lowest BCUT2D eigenvalue weighted by atomic mass is 9.97. The van der Waals surface area contributed by atoms with Crippen molar-refractivity contribution in [2.45, 2.75) is 4.90 Å². The largest absolute Gasteiger partial charge is 0.871 e. The van der Waals surface area contributed by atoms with Crippen LogP contribution in [0.4, 0.5) is 17.1 Å². The highest BCUT2D eigenvalue weighted by Crippen LogP contribution is 2.52. The maximum Gasteiger partial charge on any atom is 0.281 e. The molecule has 0 saturated carbocycles. The molecule has 4 aromatic carbocycles. The van der Waals surface area contributed by atoms with E-state index in [1.807, 2.05) is 0 Å². The van der Waals surface area contributed by atoms with Crippen molar-refractivity contribution in [1.82, 2.24) is 4.31 Å². The van der Waals surface area contributed by atoms with Gasteiger partial charge in [-0.3, -0.25) is 10.1 Å². The van der Waals surface area contributed by atoms with Gasteiger partial charge in [-0.2, -0.15) is 0 Å². The molecule has 0 bridgehead atoms. The lowest BCUT2D eigenvalue weighted by molar-refractivity contribution is -0.383. The zero-order valence-corrected chi connectivity index (χ0v) is 18.6. The molecule has 0 spiro atoms. The minimum atomic E-state index is -3.66. The van der Waals surface area contributed by atoms with Crippen LogP contribution < -0.4 is 10.4 Å². The molecule has 4 rings (SSSR count). The maximum absolute atomic E-state index is 13.1. The van der Waals surface area contributed by atoms with Gasteiger partial charge in [0.1, 0.15) is 22.6 Å². The van der Waals surface area contributed by atoms with Gasteiger partial charge in [0.25, 0.3) is 5.69 Å². The Labute approximate surface area is 192 Å². The number of nitro benzene ring substituents is 1. The molecule has 0 aromatic heterocycles. The van der Waals surface area contributed by atoms with Crippen molar-refractivity contribution in [3.05, 3.63) is 58.6 Å². The summed E-state index contributed by atoms with van der Waals surface area (Å²) in [5.41, 5.74) is -0.107. The first kappa shape index (κ1) is 22.9. The predicted octanol–water partition coefficient (Wildman–Crippen LogP) is 3.09. The first-order valence-corrected chi connectivity index (χ1v) is 11.2. The second-order valence-electron chi connectivity index (χ2n) is 7.61.